The maximum Gasteiger partial charge on any atom is 0.408 e. The first-order chi connectivity index (χ1) is 14.0. The number of ether oxygens (including phenoxy) is 2. The lowest BCUT2D eigenvalue weighted by Gasteiger charge is -2.26. The van der Waals surface area contributed by atoms with Gasteiger partial charge in [0.05, 0.1) is 7.11 Å². The van der Waals surface area contributed by atoms with Crippen molar-refractivity contribution in [1.29, 1.82) is 0 Å². The number of esters is 1. The molecule has 0 spiro atoms. The van der Waals surface area contributed by atoms with Crippen LogP contribution in [0.25, 0.3) is 10.9 Å². The Morgan fingerprint density at radius 3 is 2.37 bits per heavy atom. The first-order valence-corrected chi connectivity index (χ1v) is 9.94. The van der Waals surface area contributed by atoms with Crippen LogP contribution >= 0.6 is 0 Å². The molecule has 2 rings (SSSR count). The van der Waals surface area contributed by atoms with Crippen LogP contribution in [-0.4, -0.2) is 47.7 Å². The summed E-state index contributed by atoms with van der Waals surface area (Å²) in [6.07, 6.45) is 1.37. The summed E-state index contributed by atoms with van der Waals surface area (Å²) >= 11 is 0. The zero-order chi connectivity index (χ0) is 22.5. The van der Waals surface area contributed by atoms with Crippen LogP contribution in [0.2, 0.25) is 0 Å². The molecule has 30 heavy (non-hydrogen) atoms. The van der Waals surface area contributed by atoms with Crippen LogP contribution in [0.15, 0.2) is 30.5 Å². The van der Waals surface area contributed by atoms with Crippen LogP contribution in [0.3, 0.4) is 0 Å². The molecule has 0 aliphatic heterocycles. The third-order valence-corrected chi connectivity index (χ3v) is 4.52. The Labute approximate surface area is 176 Å². The van der Waals surface area contributed by atoms with E-state index in [-0.39, 0.29) is 12.3 Å². The fourth-order valence-corrected chi connectivity index (χ4v) is 3.09. The van der Waals surface area contributed by atoms with E-state index in [9.17, 15) is 14.4 Å². The number of methoxy groups -OCH3 is 1. The first kappa shape index (κ1) is 23.3. The number of fused-ring (bicyclic) bond motifs is 1. The number of H-pyrrole nitrogens is 1. The minimum absolute atomic E-state index is 0.219. The molecular formula is C22H31N3O5. The molecule has 0 bridgehead atoms. The number of aromatic nitrogens is 1. The van der Waals surface area contributed by atoms with Crippen LogP contribution < -0.4 is 10.6 Å². The maximum absolute atomic E-state index is 12.9. The summed E-state index contributed by atoms with van der Waals surface area (Å²) in [6, 6.07) is 5.93. The van der Waals surface area contributed by atoms with Crippen molar-refractivity contribution in [3.63, 3.8) is 0 Å². The molecule has 8 heteroatoms. The van der Waals surface area contributed by atoms with Crippen molar-refractivity contribution in [3.8, 4) is 0 Å². The third-order valence-electron chi connectivity index (χ3n) is 4.52. The van der Waals surface area contributed by atoms with Gasteiger partial charge in [-0.15, -0.1) is 0 Å². The maximum atomic E-state index is 12.9. The van der Waals surface area contributed by atoms with Crippen molar-refractivity contribution in [3.05, 3.63) is 36.0 Å². The van der Waals surface area contributed by atoms with Gasteiger partial charge in [-0.3, -0.25) is 4.79 Å². The molecule has 0 aliphatic carbocycles. The van der Waals surface area contributed by atoms with Gasteiger partial charge in [-0.25, -0.2) is 9.59 Å². The predicted molar refractivity (Wildman–Crippen MR) is 114 cm³/mol. The summed E-state index contributed by atoms with van der Waals surface area (Å²) in [6.45, 7) is 8.82. The largest absolute Gasteiger partial charge is 0.467 e. The standard InChI is InChI=1S/C22H31N3O5/c1-13(2)18(25-21(28)30-22(3,4)5)19(26)24-17(20(27)29-6)11-14-12-23-16-10-8-7-9-15(14)16/h7-10,12-13,17-18,23H,11H2,1-6H3,(H,24,26)(H,25,28)/t17-,18-/m1/s1. The van der Waals surface area contributed by atoms with Gasteiger partial charge in [-0.05, 0) is 38.3 Å². The average molecular weight is 418 g/mol. The van der Waals surface area contributed by atoms with Gasteiger partial charge < -0.3 is 25.1 Å². The molecule has 2 amide bonds. The fraction of sp³-hybridized carbons (Fsp3) is 0.500. The van der Waals surface area contributed by atoms with E-state index >= 15 is 0 Å². The number of rotatable bonds is 7. The van der Waals surface area contributed by atoms with E-state index in [2.05, 4.69) is 15.6 Å². The van der Waals surface area contributed by atoms with Crippen LogP contribution in [0, 0.1) is 5.92 Å². The number of hydrogen-bond acceptors (Lipinski definition) is 5. The molecule has 0 unspecified atom stereocenters. The summed E-state index contributed by atoms with van der Waals surface area (Å²) in [5.74, 6) is -1.26. The normalized spacial score (nSPS) is 13.6. The van der Waals surface area contributed by atoms with Crippen LogP contribution in [0.4, 0.5) is 4.79 Å². The van der Waals surface area contributed by atoms with Crippen LogP contribution in [0.1, 0.15) is 40.2 Å². The molecular weight excluding hydrogens is 386 g/mol. The number of carbonyl (C=O) groups excluding carboxylic acids is 3. The Morgan fingerprint density at radius 2 is 1.77 bits per heavy atom. The molecule has 8 nitrogen and oxygen atoms in total. The molecule has 1 heterocycles. The first-order valence-electron chi connectivity index (χ1n) is 9.94. The topological polar surface area (TPSA) is 110 Å². The predicted octanol–water partition coefficient (Wildman–Crippen LogP) is 2.92. The number of alkyl carbamates (subject to hydrolysis) is 1. The SMILES string of the molecule is COC(=O)[C@@H](Cc1c[nH]c2ccccc12)NC(=O)[C@H](NC(=O)OC(C)(C)C)C(C)C. The second kappa shape index (κ2) is 9.65. The average Bonchev–Trinajstić information content (AvgIpc) is 3.06. The summed E-state index contributed by atoms with van der Waals surface area (Å²) in [7, 11) is 1.27. The number of carbonyl (C=O) groups is 3. The molecule has 1 aromatic carbocycles. The van der Waals surface area contributed by atoms with Gasteiger partial charge in [0.25, 0.3) is 0 Å². The van der Waals surface area contributed by atoms with Crippen molar-refractivity contribution in [2.45, 2.75) is 58.7 Å². The molecule has 3 N–H and O–H groups in total. The zero-order valence-electron chi connectivity index (χ0n) is 18.4. The van der Waals surface area contributed by atoms with E-state index in [1.54, 1.807) is 34.6 Å². The van der Waals surface area contributed by atoms with E-state index in [0.29, 0.717) is 0 Å². The van der Waals surface area contributed by atoms with Gasteiger partial charge in [-0.2, -0.15) is 0 Å². The van der Waals surface area contributed by atoms with E-state index in [0.717, 1.165) is 16.5 Å². The number of amides is 2. The van der Waals surface area contributed by atoms with Crippen molar-refractivity contribution in [2.75, 3.05) is 7.11 Å². The molecule has 0 aliphatic rings. The van der Waals surface area contributed by atoms with Gasteiger partial charge in [0, 0.05) is 23.5 Å². The molecule has 0 fully saturated rings. The number of nitrogens with one attached hydrogen (secondary N) is 3. The molecule has 0 saturated carbocycles. The zero-order valence-corrected chi connectivity index (χ0v) is 18.4. The Morgan fingerprint density at radius 1 is 1.10 bits per heavy atom. The summed E-state index contributed by atoms with van der Waals surface area (Å²) < 4.78 is 10.1. The second-order valence-electron chi connectivity index (χ2n) is 8.52. The van der Waals surface area contributed by atoms with Gasteiger partial charge in [0.15, 0.2) is 0 Å². The highest BCUT2D eigenvalue weighted by atomic mass is 16.6. The molecule has 1 aromatic heterocycles. The second-order valence-corrected chi connectivity index (χ2v) is 8.52. The summed E-state index contributed by atoms with van der Waals surface area (Å²) in [5.41, 5.74) is 1.13. The Hall–Kier alpha value is -3.03. The van der Waals surface area contributed by atoms with Crippen molar-refractivity contribution >= 4 is 28.9 Å². The molecule has 0 saturated heterocycles. The van der Waals surface area contributed by atoms with E-state index in [1.165, 1.54) is 7.11 Å². The molecule has 164 valence electrons. The molecule has 0 radical (unpaired) electrons. The summed E-state index contributed by atoms with van der Waals surface area (Å²) in [4.78, 5) is 40.6. The number of hydrogen-bond donors (Lipinski definition) is 3. The lowest BCUT2D eigenvalue weighted by Crippen LogP contribution is -2.55. The highest BCUT2D eigenvalue weighted by Gasteiger charge is 2.31. The monoisotopic (exact) mass is 417 g/mol. The van der Waals surface area contributed by atoms with Gasteiger partial charge in [0.2, 0.25) is 5.91 Å². The Balaban J connectivity index is 2.16. The number of benzene rings is 1. The highest BCUT2D eigenvalue weighted by molar-refractivity contribution is 5.91. The van der Waals surface area contributed by atoms with Gasteiger partial charge >= 0.3 is 12.1 Å². The van der Waals surface area contributed by atoms with Crippen molar-refractivity contribution in [1.82, 2.24) is 15.6 Å². The van der Waals surface area contributed by atoms with Crippen molar-refractivity contribution < 1.29 is 23.9 Å². The minimum Gasteiger partial charge on any atom is -0.467 e. The number of para-hydroxylation sites is 1. The van der Waals surface area contributed by atoms with Crippen LogP contribution in [0.5, 0.6) is 0 Å². The Kier molecular flexibility index (Phi) is 7.48. The summed E-state index contributed by atoms with van der Waals surface area (Å²) in [5, 5.41) is 6.28. The van der Waals surface area contributed by atoms with E-state index < -0.39 is 35.7 Å². The number of aromatic amines is 1. The molecule has 2 aromatic rings. The van der Waals surface area contributed by atoms with Crippen LogP contribution in [-0.2, 0) is 25.5 Å². The quantitative estimate of drug-likeness (QED) is 0.600. The van der Waals surface area contributed by atoms with Crippen molar-refractivity contribution in [2.24, 2.45) is 5.92 Å². The highest BCUT2D eigenvalue weighted by Crippen LogP contribution is 2.19. The van der Waals surface area contributed by atoms with Gasteiger partial charge in [0.1, 0.15) is 17.7 Å². The lowest BCUT2D eigenvalue weighted by atomic mass is 10.0. The smallest absolute Gasteiger partial charge is 0.408 e. The Bertz CT molecular complexity index is 898. The van der Waals surface area contributed by atoms with E-state index in [4.69, 9.17) is 9.47 Å². The van der Waals surface area contributed by atoms with E-state index in [1.807, 2.05) is 30.5 Å². The van der Waals surface area contributed by atoms with Gasteiger partial charge in [-0.1, -0.05) is 32.0 Å². The fourth-order valence-electron chi connectivity index (χ4n) is 3.09. The third kappa shape index (κ3) is 6.23. The molecule has 2 atom stereocenters. The minimum atomic E-state index is -0.900. The lowest BCUT2D eigenvalue weighted by molar-refractivity contribution is -0.145.